The van der Waals surface area contributed by atoms with Crippen LogP contribution in [0.2, 0.25) is 0 Å². The van der Waals surface area contributed by atoms with Crippen LogP contribution in [0.3, 0.4) is 0 Å². The van der Waals surface area contributed by atoms with Gasteiger partial charge in [-0.05, 0) is 53.8 Å². The van der Waals surface area contributed by atoms with E-state index >= 15 is 0 Å². The minimum atomic E-state index is 0.0179. The van der Waals surface area contributed by atoms with Crippen molar-refractivity contribution >= 4 is 0 Å². The van der Waals surface area contributed by atoms with Gasteiger partial charge in [0.15, 0.2) is 5.82 Å². The maximum Gasteiger partial charge on any atom is 0.163 e. The molecule has 1 aromatic heterocycles. The summed E-state index contributed by atoms with van der Waals surface area (Å²) in [6.07, 6.45) is 0. The van der Waals surface area contributed by atoms with Crippen molar-refractivity contribution in [2.24, 2.45) is 0 Å². The second-order valence-electron chi connectivity index (χ2n) is 8.11. The molecule has 0 radical (unpaired) electrons. The molecule has 1 heterocycles. The smallest absolute Gasteiger partial charge is 0.163 e. The minimum absolute atomic E-state index is 0.0179. The molecule has 3 nitrogen and oxygen atoms in total. The quantitative estimate of drug-likeness (QED) is 0.445. The van der Waals surface area contributed by atoms with Gasteiger partial charge in [-0.3, -0.25) is 0 Å². The maximum atomic E-state index is 4.77. The molecule has 0 saturated heterocycles. The van der Waals surface area contributed by atoms with Crippen LogP contribution in [0.5, 0.6) is 0 Å². The highest BCUT2D eigenvalue weighted by atomic mass is 15.3. The average molecular weight is 365 g/mol. The Labute approximate surface area is 165 Å². The summed E-state index contributed by atoms with van der Waals surface area (Å²) < 4.78 is 1.97. The van der Waals surface area contributed by atoms with Crippen molar-refractivity contribution in [3.63, 3.8) is 0 Å². The molecule has 0 amide bonds. The summed E-state index contributed by atoms with van der Waals surface area (Å²) in [5, 5.41) is 4.69. The zero-order valence-electron chi connectivity index (χ0n) is 16.7. The lowest BCUT2D eigenvalue weighted by molar-refractivity contribution is 0.660. The first-order chi connectivity index (χ1) is 13.5. The second kappa shape index (κ2) is 5.90. The van der Waals surface area contributed by atoms with Crippen molar-refractivity contribution in [2.45, 2.75) is 33.1 Å². The van der Waals surface area contributed by atoms with E-state index in [4.69, 9.17) is 10.1 Å². The van der Waals surface area contributed by atoms with E-state index in [0.717, 1.165) is 22.9 Å². The lowest BCUT2D eigenvalue weighted by Gasteiger charge is -2.21. The van der Waals surface area contributed by atoms with Gasteiger partial charge in [-0.1, -0.05) is 68.4 Å². The van der Waals surface area contributed by atoms with Gasteiger partial charge in [-0.15, -0.1) is 0 Å². The largest absolute Gasteiger partial charge is 0.213 e. The molecule has 5 rings (SSSR count). The van der Waals surface area contributed by atoms with Crippen molar-refractivity contribution < 1.29 is 0 Å². The molecule has 0 aliphatic heterocycles. The molecule has 0 bridgehead atoms. The van der Waals surface area contributed by atoms with Gasteiger partial charge in [0.25, 0.3) is 0 Å². The first kappa shape index (κ1) is 16.9. The number of hydrogen-bond donors (Lipinski definition) is 0. The van der Waals surface area contributed by atoms with Gasteiger partial charge in [-0.25, -0.2) is 9.67 Å². The lowest BCUT2D eigenvalue weighted by Crippen LogP contribution is -2.14. The number of fused-ring (bicyclic) bond motifs is 3. The van der Waals surface area contributed by atoms with Crippen LogP contribution in [-0.2, 0) is 5.41 Å². The highest BCUT2D eigenvalue weighted by molar-refractivity contribution is 5.83. The van der Waals surface area contributed by atoms with Gasteiger partial charge in [-0.2, -0.15) is 5.10 Å². The van der Waals surface area contributed by atoms with Crippen LogP contribution >= 0.6 is 0 Å². The zero-order valence-corrected chi connectivity index (χ0v) is 16.7. The van der Waals surface area contributed by atoms with E-state index in [-0.39, 0.29) is 5.41 Å². The fourth-order valence-corrected chi connectivity index (χ4v) is 4.43. The van der Waals surface area contributed by atoms with Gasteiger partial charge in [0.05, 0.1) is 5.69 Å². The van der Waals surface area contributed by atoms with Gasteiger partial charge in [0.1, 0.15) is 5.82 Å². The Morgan fingerprint density at radius 1 is 0.786 bits per heavy atom. The molecule has 1 aliphatic carbocycles. The normalized spacial score (nSPS) is 14.0. The Morgan fingerprint density at radius 2 is 1.50 bits per heavy atom. The van der Waals surface area contributed by atoms with E-state index in [2.05, 4.69) is 81.4 Å². The number of hydrogen-bond acceptors (Lipinski definition) is 2. The van der Waals surface area contributed by atoms with Gasteiger partial charge < -0.3 is 0 Å². The topological polar surface area (TPSA) is 30.7 Å². The first-order valence-corrected chi connectivity index (χ1v) is 9.71. The summed E-state index contributed by atoms with van der Waals surface area (Å²) in [6.45, 7) is 8.66. The number of nitrogens with zero attached hydrogens (tertiary/aromatic N) is 3. The van der Waals surface area contributed by atoms with Crippen molar-refractivity contribution in [1.82, 2.24) is 14.8 Å². The average Bonchev–Trinajstić information content (AvgIpc) is 3.18. The molecule has 0 saturated carbocycles. The highest BCUT2D eigenvalue weighted by Gasteiger charge is 2.35. The van der Waals surface area contributed by atoms with Crippen LogP contribution in [0.25, 0.3) is 28.2 Å². The van der Waals surface area contributed by atoms with E-state index in [0.29, 0.717) is 0 Å². The monoisotopic (exact) mass is 365 g/mol. The molecule has 138 valence electrons. The van der Waals surface area contributed by atoms with Crippen molar-refractivity contribution in [2.75, 3.05) is 0 Å². The first-order valence-electron chi connectivity index (χ1n) is 9.71. The van der Waals surface area contributed by atoms with E-state index in [1.165, 1.54) is 27.8 Å². The Balaban J connectivity index is 1.72. The number of para-hydroxylation sites is 1. The molecule has 0 N–H and O–H groups in total. The number of rotatable bonds is 2. The van der Waals surface area contributed by atoms with Crippen LogP contribution in [0.1, 0.15) is 36.4 Å². The molecule has 0 atom stereocenters. The van der Waals surface area contributed by atoms with Crippen molar-refractivity contribution in [3.05, 3.63) is 89.2 Å². The predicted octanol–water partition coefficient (Wildman–Crippen LogP) is 5.86. The van der Waals surface area contributed by atoms with Crippen LogP contribution in [0.15, 0.2) is 66.7 Å². The second-order valence-corrected chi connectivity index (χ2v) is 8.11. The van der Waals surface area contributed by atoms with Gasteiger partial charge in [0, 0.05) is 11.0 Å². The summed E-state index contributed by atoms with van der Waals surface area (Å²) in [7, 11) is 0. The Hall–Kier alpha value is -3.20. The van der Waals surface area contributed by atoms with Gasteiger partial charge in [0.2, 0.25) is 0 Å². The van der Waals surface area contributed by atoms with Crippen LogP contribution in [0, 0.1) is 13.8 Å². The highest BCUT2D eigenvalue weighted by Crippen LogP contribution is 2.49. The van der Waals surface area contributed by atoms with Crippen molar-refractivity contribution in [1.29, 1.82) is 0 Å². The summed E-state index contributed by atoms with van der Waals surface area (Å²) in [6, 6.07) is 23.8. The van der Waals surface area contributed by atoms with E-state index in [1.807, 2.05) is 17.7 Å². The Kier molecular flexibility index (Phi) is 3.57. The number of aromatic nitrogens is 3. The minimum Gasteiger partial charge on any atom is -0.213 e. The fraction of sp³-hybridized carbons (Fsp3) is 0.200. The Morgan fingerprint density at radius 3 is 2.32 bits per heavy atom. The third kappa shape index (κ3) is 2.36. The van der Waals surface area contributed by atoms with Crippen LogP contribution < -0.4 is 0 Å². The molecule has 3 aromatic carbocycles. The van der Waals surface area contributed by atoms with E-state index in [9.17, 15) is 0 Å². The van der Waals surface area contributed by atoms with Crippen LogP contribution in [0.4, 0.5) is 0 Å². The molecule has 28 heavy (non-hydrogen) atoms. The summed E-state index contributed by atoms with van der Waals surface area (Å²) in [4.78, 5) is 4.77. The molecule has 1 aliphatic rings. The summed E-state index contributed by atoms with van der Waals surface area (Å²) in [5.41, 5.74) is 8.74. The summed E-state index contributed by atoms with van der Waals surface area (Å²) >= 11 is 0. The zero-order chi connectivity index (χ0) is 19.5. The molecule has 4 aromatic rings. The SMILES string of the molecule is Cc1nc(-c2ccc3c(c2)-c2ccccc2C3(C)C)n(-c2ccccc2C)n1. The number of benzene rings is 3. The molecule has 0 fully saturated rings. The van der Waals surface area contributed by atoms with Gasteiger partial charge >= 0.3 is 0 Å². The predicted molar refractivity (Wildman–Crippen MR) is 114 cm³/mol. The number of aryl methyl sites for hydroxylation is 2. The lowest BCUT2D eigenvalue weighted by atomic mass is 9.82. The fourth-order valence-electron chi connectivity index (χ4n) is 4.43. The standard InChI is InChI=1S/C25H23N3/c1-16-9-5-8-12-23(16)28-24(26-17(2)27-28)18-13-14-22-20(15-18)19-10-6-7-11-21(19)25(22,3)4/h5-15H,1-4H3. The Bertz CT molecular complexity index is 1210. The molecule has 0 spiro atoms. The third-order valence-corrected chi connectivity index (χ3v) is 5.90. The summed E-state index contributed by atoms with van der Waals surface area (Å²) in [5.74, 6) is 1.66. The molecular formula is C25H23N3. The van der Waals surface area contributed by atoms with Crippen LogP contribution in [-0.4, -0.2) is 14.8 Å². The molecular weight excluding hydrogens is 342 g/mol. The van der Waals surface area contributed by atoms with Crippen molar-refractivity contribution in [3.8, 4) is 28.2 Å². The molecule has 0 unspecified atom stereocenters. The molecule has 3 heteroatoms. The van der Waals surface area contributed by atoms with E-state index in [1.54, 1.807) is 0 Å². The van der Waals surface area contributed by atoms with E-state index < -0.39 is 0 Å². The maximum absolute atomic E-state index is 4.77. The third-order valence-electron chi connectivity index (χ3n) is 5.90.